The van der Waals surface area contributed by atoms with Gasteiger partial charge in [-0.3, -0.25) is 4.79 Å². The fourth-order valence-electron chi connectivity index (χ4n) is 3.94. The van der Waals surface area contributed by atoms with Gasteiger partial charge in [-0.05, 0) is 61.4 Å². The predicted octanol–water partition coefficient (Wildman–Crippen LogP) is 4.08. The molecule has 1 aromatic heterocycles. The minimum Gasteiger partial charge on any atom is -0.439 e. The average Bonchev–Trinajstić information content (AvgIpc) is 3.43. The summed E-state index contributed by atoms with van der Waals surface area (Å²) in [7, 11) is 0. The van der Waals surface area contributed by atoms with Gasteiger partial charge in [-0.2, -0.15) is 0 Å². The summed E-state index contributed by atoms with van der Waals surface area (Å²) < 4.78 is 11.8. The van der Waals surface area contributed by atoms with Crippen LogP contribution < -0.4 is 15.0 Å². The summed E-state index contributed by atoms with van der Waals surface area (Å²) in [4.78, 5) is 30.3. The Morgan fingerprint density at radius 3 is 2.76 bits per heavy atom. The number of nitrogens with zero attached hydrogens (tertiary/aromatic N) is 2. The number of nitrogens with one attached hydrogen (secondary N) is 1. The maximum Gasteiger partial charge on any atom is 0.329 e. The standard InChI is InChI=1S/C22H23N3O4/c1-3-22(2)20(26)25(21(27)24-22)15-7-9-18(23-11-15)29-16-8-6-14-12-28-19(13-4-5-13)17(14)10-16/h6-11,13,19H,3-5,12H2,1-2H3,(H,24,27)/t19-,22-/m1/s1. The first-order valence-electron chi connectivity index (χ1n) is 10.0. The van der Waals surface area contributed by atoms with Crippen molar-refractivity contribution in [3.63, 3.8) is 0 Å². The second kappa shape index (κ2) is 6.56. The molecular formula is C22H23N3O4. The van der Waals surface area contributed by atoms with E-state index >= 15 is 0 Å². The molecule has 0 radical (unpaired) electrons. The summed E-state index contributed by atoms with van der Waals surface area (Å²) >= 11 is 0. The number of hydrogen-bond acceptors (Lipinski definition) is 5. The highest BCUT2D eigenvalue weighted by Gasteiger charge is 2.47. The first-order chi connectivity index (χ1) is 14.0. The quantitative estimate of drug-likeness (QED) is 0.774. The molecule has 1 saturated heterocycles. The van der Waals surface area contributed by atoms with Gasteiger partial charge < -0.3 is 14.8 Å². The van der Waals surface area contributed by atoms with Crippen molar-refractivity contribution in [2.75, 3.05) is 4.90 Å². The number of carbonyl (C=O) groups is 2. The molecule has 0 spiro atoms. The van der Waals surface area contributed by atoms with Gasteiger partial charge in [0.15, 0.2) is 0 Å². The molecule has 2 atom stereocenters. The van der Waals surface area contributed by atoms with Gasteiger partial charge >= 0.3 is 6.03 Å². The topological polar surface area (TPSA) is 80.8 Å². The summed E-state index contributed by atoms with van der Waals surface area (Å²) in [5, 5.41) is 2.74. The van der Waals surface area contributed by atoms with E-state index in [-0.39, 0.29) is 12.0 Å². The predicted molar refractivity (Wildman–Crippen MR) is 106 cm³/mol. The zero-order chi connectivity index (χ0) is 20.2. The molecule has 29 heavy (non-hydrogen) atoms. The molecule has 0 unspecified atom stereocenters. The highest BCUT2D eigenvalue weighted by Crippen LogP contribution is 2.48. The van der Waals surface area contributed by atoms with Crippen molar-refractivity contribution >= 4 is 17.6 Å². The molecule has 1 aromatic carbocycles. The van der Waals surface area contributed by atoms with Crippen LogP contribution in [0, 0.1) is 5.92 Å². The Bertz CT molecular complexity index is 986. The maximum absolute atomic E-state index is 12.6. The molecule has 150 valence electrons. The Morgan fingerprint density at radius 2 is 2.10 bits per heavy atom. The number of ether oxygens (including phenoxy) is 2. The van der Waals surface area contributed by atoms with Gasteiger partial charge in [0.25, 0.3) is 5.91 Å². The van der Waals surface area contributed by atoms with Crippen LogP contribution in [0.5, 0.6) is 11.6 Å². The third kappa shape index (κ3) is 3.06. The highest BCUT2D eigenvalue weighted by atomic mass is 16.5. The van der Waals surface area contributed by atoms with Crippen LogP contribution in [0.15, 0.2) is 36.5 Å². The van der Waals surface area contributed by atoms with Crippen LogP contribution in [-0.4, -0.2) is 22.5 Å². The van der Waals surface area contributed by atoms with Gasteiger partial charge in [0.2, 0.25) is 5.88 Å². The lowest BCUT2D eigenvalue weighted by Crippen LogP contribution is -2.43. The first-order valence-corrected chi connectivity index (χ1v) is 10.0. The lowest BCUT2D eigenvalue weighted by atomic mass is 9.99. The Hall–Kier alpha value is -2.93. The van der Waals surface area contributed by atoms with Crippen LogP contribution in [0.2, 0.25) is 0 Å². The summed E-state index contributed by atoms with van der Waals surface area (Å²) in [6, 6.07) is 8.90. The van der Waals surface area contributed by atoms with E-state index < -0.39 is 11.6 Å². The largest absolute Gasteiger partial charge is 0.439 e. The van der Waals surface area contributed by atoms with Crippen molar-refractivity contribution in [2.24, 2.45) is 5.92 Å². The first kappa shape index (κ1) is 18.1. The summed E-state index contributed by atoms with van der Waals surface area (Å²) in [5.41, 5.74) is 1.97. The minimum atomic E-state index is -0.878. The smallest absolute Gasteiger partial charge is 0.329 e. The SMILES string of the molecule is CC[C@@]1(C)NC(=O)N(c2ccc(Oc3ccc4c(c3)[C@@H](C3CC3)OC4)nc2)C1=O. The normalized spacial score (nSPS) is 25.9. The van der Waals surface area contributed by atoms with Gasteiger partial charge in [-0.1, -0.05) is 13.0 Å². The molecule has 5 rings (SSSR count). The maximum atomic E-state index is 12.6. The Kier molecular flexibility index (Phi) is 4.10. The van der Waals surface area contributed by atoms with Crippen molar-refractivity contribution in [3.05, 3.63) is 47.7 Å². The third-order valence-electron chi connectivity index (χ3n) is 6.06. The van der Waals surface area contributed by atoms with Crippen LogP contribution in [-0.2, 0) is 16.1 Å². The lowest BCUT2D eigenvalue weighted by Gasteiger charge is -2.19. The molecule has 3 heterocycles. The van der Waals surface area contributed by atoms with Crippen molar-refractivity contribution in [1.29, 1.82) is 0 Å². The van der Waals surface area contributed by atoms with Crippen molar-refractivity contribution < 1.29 is 19.1 Å². The van der Waals surface area contributed by atoms with Crippen LogP contribution >= 0.6 is 0 Å². The average molecular weight is 393 g/mol. The number of amides is 3. The van der Waals surface area contributed by atoms with E-state index in [1.54, 1.807) is 19.1 Å². The van der Waals surface area contributed by atoms with Crippen LogP contribution in [0.1, 0.15) is 50.3 Å². The molecule has 1 N–H and O–H groups in total. The lowest BCUT2D eigenvalue weighted by molar-refractivity contribution is -0.121. The Morgan fingerprint density at radius 1 is 1.28 bits per heavy atom. The highest BCUT2D eigenvalue weighted by molar-refractivity contribution is 6.23. The zero-order valence-corrected chi connectivity index (χ0v) is 16.5. The van der Waals surface area contributed by atoms with E-state index in [2.05, 4.69) is 10.3 Å². The van der Waals surface area contributed by atoms with Crippen LogP contribution in [0.3, 0.4) is 0 Å². The molecule has 1 saturated carbocycles. The summed E-state index contributed by atoms with van der Waals surface area (Å²) in [6.07, 6.45) is 4.62. The van der Waals surface area contributed by atoms with Gasteiger partial charge in [0.1, 0.15) is 11.3 Å². The Labute approximate surface area is 169 Å². The third-order valence-corrected chi connectivity index (χ3v) is 6.06. The van der Waals surface area contributed by atoms with Crippen molar-refractivity contribution in [3.8, 4) is 11.6 Å². The molecular weight excluding hydrogens is 370 g/mol. The summed E-state index contributed by atoms with van der Waals surface area (Å²) in [5.74, 6) is 1.46. The number of carbonyl (C=O) groups excluding carboxylic acids is 2. The Balaban J connectivity index is 1.34. The number of aromatic nitrogens is 1. The van der Waals surface area contributed by atoms with E-state index in [0.717, 1.165) is 4.90 Å². The second-order valence-corrected chi connectivity index (χ2v) is 8.14. The van der Waals surface area contributed by atoms with Gasteiger partial charge in [0.05, 0.1) is 24.6 Å². The van der Waals surface area contributed by atoms with E-state index in [4.69, 9.17) is 9.47 Å². The summed E-state index contributed by atoms with van der Waals surface area (Å²) in [6.45, 7) is 4.25. The van der Waals surface area contributed by atoms with Crippen molar-refractivity contribution in [1.82, 2.24) is 10.3 Å². The molecule has 2 aromatic rings. The number of pyridine rings is 1. The van der Waals surface area contributed by atoms with E-state index in [9.17, 15) is 9.59 Å². The van der Waals surface area contributed by atoms with Gasteiger partial charge in [0, 0.05) is 6.07 Å². The second-order valence-electron chi connectivity index (χ2n) is 8.14. The van der Waals surface area contributed by atoms with E-state index in [1.807, 2.05) is 25.1 Å². The molecule has 0 bridgehead atoms. The molecule has 2 fully saturated rings. The molecule has 7 heteroatoms. The molecule has 3 amide bonds. The van der Waals surface area contributed by atoms with Gasteiger partial charge in [-0.25, -0.2) is 14.7 Å². The fraction of sp³-hybridized carbons (Fsp3) is 0.409. The molecule has 7 nitrogen and oxygen atoms in total. The number of urea groups is 1. The molecule has 1 aliphatic carbocycles. The zero-order valence-electron chi connectivity index (χ0n) is 16.5. The monoisotopic (exact) mass is 393 g/mol. The number of benzene rings is 1. The van der Waals surface area contributed by atoms with Gasteiger partial charge in [-0.15, -0.1) is 0 Å². The molecule has 3 aliphatic rings. The van der Waals surface area contributed by atoms with E-state index in [0.29, 0.717) is 36.3 Å². The number of anilines is 1. The van der Waals surface area contributed by atoms with Crippen LogP contribution in [0.4, 0.5) is 10.5 Å². The number of fused-ring (bicyclic) bond motifs is 1. The number of rotatable bonds is 5. The van der Waals surface area contributed by atoms with Crippen LogP contribution in [0.25, 0.3) is 0 Å². The van der Waals surface area contributed by atoms with Crippen molar-refractivity contribution in [2.45, 2.75) is 51.4 Å². The number of imide groups is 1. The molecule has 2 aliphatic heterocycles. The number of hydrogen-bond donors (Lipinski definition) is 1. The van der Waals surface area contributed by atoms with E-state index in [1.165, 1.54) is 30.2 Å². The fourth-order valence-corrected chi connectivity index (χ4v) is 3.94. The minimum absolute atomic E-state index is 0.177.